The summed E-state index contributed by atoms with van der Waals surface area (Å²) in [6.45, 7) is 2.43. The number of hydrogen-bond acceptors (Lipinski definition) is 6. The molecule has 258 valence electrons. The fourth-order valence-electron chi connectivity index (χ4n) is 5.37. The highest BCUT2D eigenvalue weighted by Gasteiger charge is 2.18. The zero-order chi connectivity index (χ0) is 35.9. The molecule has 0 aliphatic carbocycles. The maximum absolute atomic E-state index is 12.7. The molecule has 0 saturated heterocycles. The van der Waals surface area contributed by atoms with Crippen molar-refractivity contribution in [3.63, 3.8) is 0 Å². The molecular formula is C39H32Cl3N5O4. The number of halogens is 3. The van der Waals surface area contributed by atoms with E-state index in [1.165, 1.54) is 6.08 Å². The lowest BCUT2D eigenvalue weighted by Crippen LogP contribution is -2.21. The van der Waals surface area contributed by atoms with Gasteiger partial charge in [0.05, 0.1) is 28.0 Å². The number of benzene rings is 3. The fraction of sp³-hybridized carbons (Fsp3) is 0.128. The van der Waals surface area contributed by atoms with Crippen molar-refractivity contribution in [2.24, 2.45) is 0 Å². The molecule has 3 aromatic carbocycles. The van der Waals surface area contributed by atoms with E-state index in [2.05, 4.69) is 15.6 Å². The molecular weight excluding hydrogens is 709 g/mol. The molecule has 6 rings (SSSR count). The molecule has 9 nitrogen and oxygen atoms in total. The van der Waals surface area contributed by atoms with Crippen LogP contribution in [-0.4, -0.2) is 33.4 Å². The van der Waals surface area contributed by atoms with Gasteiger partial charge in [-0.05, 0) is 73.2 Å². The van der Waals surface area contributed by atoms with Gasteiger partial charge >= 0.3 is 0 Å². The third-order valence-corrected chi connectivity index (χ3v) is 8.91. The number of carbonyl (C=O) groups is 2. The first-order valence-electron chi connectivity index (χ1n) is 15.9. The number of amides is 2. The van der Waals surface area contributed by atoms with E-state index in [9.17, 15) is 9.59 Å². The highest BCUT2D eigenvalue weighted by atomic mass is 35.5. The molecule has 0 saturated carbocycles. The first-order chi connectivity index (χ1) is 24.7. The van der Waals surface area contributed by atoms with E-state index in [4.69, 9.17) is 49.3 Å². The first kappa shape index (κ1) is 35.5. The molecule has 6 aromatic rings. The summed E-state index contributed by atoms with van der Waals surface area (Å²) < 4.78 is 14.3. The van der Waals surface area contributed by atoms with Crippen LogP contribution in [0.1, 0.15) is 38.6 Å². The highest BCUT2D eigenvalue weighted by Crippen LogP contribution is 2.36. The molecule has 2 amide bonds. The van der Waals surface area contributed by atoms with Gasteiger partial charge in [0.2, 0.25) is 5.91 Å². The predicted molar refractivity (Wildman–Crippen MR) is 201 cm³/mol. The number of para-hydroxylation sites is 1. The van der Waals surface area contributed by atoms with Crippen molar-refractivity contribution >= 4 is 63.6 Å². The summed E-state index contributed by atoms with van der Waals surface area (Å²) in [7, 11) is 1.57. The summed E-state index contributed by atoms with van der Waals surface area (Å²) in [4.78, 5) is 33.6. The number of hydrogen-bond donors (Lipinski definition) is 2. The number of ether oxygens (including phenoxy) is 2. The van der Waals surface area contributed by atoms with Crippen LogP contribution in [0.3, 0.4) is 0 Å². The molecule has 2 N–H and O–H groups in total. The molecule has 0 unspecified atom stereocenters. The van der Waals surface area contributed by atoms with Crippen LogP contribution in [0.2, 0.25) is 15.1 Å². The summed E-state index contributed by atoms with van der Waals surface area (Å²) >= 11 is 20.1. The van der Waals surface area contributed by atoms with Gasteiger partial charge in [-0.1, -0.05) is 59.1 Å². The lowest BCUT2D eigenvalue weighted by atomic mass is 10.1. The van der Waals surface area contributed by atoms with Crippen molar-refractivity contribution in [1.82, 2.24) is 25.2 Å². The average Bonchev–Trinajstić information content (AvgIpc) is 3.52. The van der Waals surface area contributed by atoms with E-state index in [0.29, 0.717) is 61.2 Å². The quantitative estimate of drug-likeness (QED) is 0.122. The van der Waals surface area contributed by atoms with E-state index < -0.39 is 0 Å². The molecule has 0 aliphatic rings. The number of nitrogens with one attached hydrogen (secondary N) is 2. The molecule has 12 heteroatoms. The van der Waals surface area contributed by atoms with Crippen molar-refractivity contribution in [1.29, 1.82) is 0 Å². The van der Waals surface area contributed by atoms with Crippen molar-refractivity contribution in [2.45, 2.75) is 26.7 Å². The van der Waals surface area contributed by atoms with E-state index in [0.717, 1.165) is 22.3 Å². The van der Waals surface area contributed by atoms with Crippen molar-refractivity contribution in [3.8, 4) is 17.2 Å². The molecule has 0 spiro atoms. The summed E-state index contributed by atoms with van der Waals surface area (Å²) in [5, 5.41) is 7.51. The monoisotopic (exact) mass is 739 g/mol. The average molecular weight is 741 g/mol. The smallest absolute Gasteiger partial charge is 0.251 e. The van der Waals surface area contributed by atoms with Crippen LogP contribution in [0.5, 0.6) is 11.5 Å². The molecule has 0 radical (unpaired) electrons. The van der Waals surface area contributed by atoms with Crippen LogP contribution in [0.25, 0.3) is 22.7 Å². The summed E-state index contributed by atoms with van der Waals surface area (Å²) in [5.41, 5.74) is 5.40. The number of nitrogens with zero attached hydrogens (tertiary/aromatic N) is 3. The Kier molecular flexibility index (Phi) is 11.2. The van der Waals surface area contributed by atoms with Crippen molar-refractivity contribution < 1.29 is 19.1 Å². The van der Waals surface area contributed by atoms with Crippen LogP contribution < -0.4 is 20.1 Å². The number of carbonyl (C=O) groups excluding carboxylic acids is 2. The summed E-state index contributed by atoms with van der Waals surface area (Å²) in [6, 6.07) is 25.4. The minimum Gasteiger partial charge on any atom is -0.487 e. The number of pyridine rings is 2. The zero-order valence-corrected chi connectivity index (χ0v) is 29.9. The normalized spacial score (nSPS) is 11.2. The standard InChI is InChI=1S/C39H32Cl3N5O4/c1-24-18-35(50-22-28-6-3-4-17-44-28)30-7-5-8-34(38(30)46-24)51-23-31-32(41)14-15-33(37(31)42)47-21-27(40)19-29(47)20-45-36(48)16-11-25-9-12-26(13-10-25)39(49)43-2/h3-19,21H,20,22-23H2,1-2H3,(H,43,49)(H,45,48). The molecule has 0 atom stereocenters. The second-order valence-electron chi connectivity index (χ2n) is 11.4. The van der Waals surface area contributed by atoms with Gasteiger partial charge in [0.1, 0.15) is 30.2 Å². The van der Waals surface area contributed by atoms with Gasteiger partial charge in [-0.2, -0.15) is 0 Å². The summed E-state index contributed by atoms with van der Waals surface area (Å²) in [6.07, 6.45) is 6.54. The number of rotatable bonds is 12. The van der Waals surface area contributed by atoms with Crippen molar-refractivity contribution in [2.75, 3.05) is 7.05 Å². The zero-order valence-electron chi connectivity index (χ0n) is 27.6. The van der Waals surface area contributed by atoms with Gasteiger partial charge in [-0.3, -0.25) is 14.6 Å². The lowest BCUT2D eigenvalue weighted by Gasteiger charge is -2.17. The van der Waals surface area contributed by atoms with Gasteiger partial charge in [0.25, 0.3) is 5.91 Å². The van der Waals surface area contributed by atoms with Crippen LogP contribution in [0.4, 0.5) is 0 Å². The molecule has 3 aromatic heterocycles. The van der Waals surface area contributed by atoms with Gasteiger partial charge < -0.3 is 24.7 Å². The molecule has 3 heterocycles. The Balaban J connectivity index is 1.17. The van der Waals surface area contributed by atoms with Crippen LogP contribution in [0, 0.1) is 6.92 Å². The van der Waals surface area contributed by atoms with Gasteiger partial charge in [0, 0.05) is 64.5 Å². The maximum Gasteiger partial charge on any atom is 0.251 e. The SMILES string of the molecule is CNC(=O)c1ccc(C=CC(=O)NCc2cc(Cl)cn2-c2ccc(Cl)c(COc3cccc4c(OCc5ccccn5)cc(C)nc34)c2Cl)cc1. The number of aromatic nitrogens is 3. The minimum atomic E-state index is -0.310. The molecule has 0 fully saturated rings. The van der Waals surface area contributed by atoms with Crippen LogP contribution in [0.15, 0.2) is 103 Å². The van der Waals surface area contributed by atoms with E-state index in [1.54, 1.807) is 72.5 Å². The summed E-state index contributed by atoms with van der Waals surface area (Å²) in [5.74, 6) is 0.719. The number of aryl methyl sites for hydroxylation is 1. The van der Waals surface area contributed by atoms with Gasteiger partial charge in [-0.25, -0.2) is 4.98 Å². The van der Waals surface area contributed by atoms with E-state index in [1.807, 2.05) is 49.4 Å². The molecule has 51 heavy (non-hydrogen) atoms. The second kappa shape index (κ2) is 16.1. The Morgan fingerprint density at radius 2 is 1.71 bits per heavy atom. The second-order valence-corrected chi connectivity index (χ2v) is 12.7. The van der Waals surface area contributed by atoms with Crippen molar-refractivity contribution in [3.05, 3.63) is 152 Å². The predicted octanol–water partition coefficient (Wildman–Crippen LogP) is 8.54. The minimum absolute atomic E-state index is 0.0559. The largest absolute Gasteiger partial charge is 0.487 e. The molecule has 0 bridgehead atoms. The highest BCUT2D eigenvalue weighted by molar-refractivity contribution is 6.37. The Morgan fingerprint density at radius 1 is 0.902 bits per heavy atom. The third-order valence-electron chi connectivity index (χ3n) is 7.93. The van der Waals surface area contributed by atoms with E-state index >= 15 is 0 Å². The van der Waals surface area contributed by atoms with Gasteiger partial charge in [-0.15, -0.1) is 0 Å². The van der Waals surface area contributed by atoms with Gasteiger partial charge in [0.15, 0.2) is 0 Å². The number of fused-ring (bicyclic) bond motifs is 1. The fourth-order valence-corrected chi connectivity index (χ4v) is 6.16. The van der Waals surface area contributed by atoms with E-state index in [-0.39, 0.29) is 25.0 Å². The first-order valence-corrected chi connectivity index (χ1v) is 17.0. The van der Waals surface area contributed by atoms with Crippen LogP contribution >= 0.6 is 34.8 Å². The Labute approximate surface area is 309 Å². The maximum atomic E-state index is 12.7. The Morgan fingerprint density at radius 3 is 2.47 bits per heavy atom. The Bertz CT molecular complexity index is 2240. The Hall–Kier alpha value is -5.35. The topological polar surface area (TPSA) is 107 Å². The lowest BCUT2D eigenvalue weighted by molar-refractivity contribution is -0.116. The van der Waals surface area contributed by atoms with Crippen LogP contribution in [-0.2, 0) is 24.6 Å². The third kappa shape index (κ3) is 8.52. The molecule has 0 aliphatic heterocycles.